The summed E-state index contributed by atoms with van der Waals surface area (Å²) in [5, 5.41) is 9.84. The highest BCUT2D eigenvalue weighted by Crippen LogP contribution is 2.30. The van der Waals surface area contributed by atoms with E-state index in [0.29, 0.717) is 38.9 Å². The third-order valence-electron chi connectivity index (χ3n) is 3.48. The van der Waals surface area contributed by atoms with E-state index in [1.54, 1.807) is 25.3 Å². The van der Waals surface area contributed by atoms with Crippen molar-refractivity contribution in [2.75, 3.05) is 25.3 Å². The third-order valence-corrected chi connectivity index (χ3v) is 4.95. The molecule has 0 aliphatic rings. The smallest absolute Gasteiger partial charge is 0.210 e. The molecule has 26 heavy (non-hydrogen) atoms. The molecule has 0 aliphatic carbocycles. The van der Waals surface area contributed by atoms with Gasteiger partial charge in [0.05, 0.1) is 18.7 Å². The predicted octanol–water partition coefficient (Wildman–Crippen LogP) is 4.15. The van der Waals surface area contributed by atoms with E-state index in [-0.39, 0.29) is 0 Å². The van der Waals surface area contributed by atoms with Gasteiger partial charge in [0, 0.05) is 16.3 Å². The fourth-order valence-corrected chi connectivity index (χ4v) is 3.24. The van der Waals surface area contributed by atoms with Crippen LogP contribution in [-0.4, -0.2) is 34.3 Å². The number of halogens is 2. The van der Waals surface area contributed by atoms with Crippen LogP contribution in [0.1, 0.15) is 0 Å². The molecule has 0 atom stereocenters. The molecule has 1 heterocycles. The lowest BCUT2D eigenvalue weighted by molar-refractivity contribution is 0.342. The summed E-state index contributed by atoms with van der Waals surface area (Å²) in [6.45, 7) is 0.497. The number of rotatable bonds is 7. The van der Waals surface area contributed by atoms with Crippen LogP contribution in [-0.2, 0) is 0 Å². The lowest BCUT2D eigenvalue weighted by Gasteiger charge is -2.07. The fourth-order valence-electron chi connectivity index (χ4n) is 2.19. The Balaban J connectivity index is 1.59. The van der Waals surface area contributed by atoms with Gasteiger partial charge in [-0.3, -0.25) is 0 Å². The normalized spacial score (nSPS) is 10.7. The molecule has 0 saturated heterocycles. The topological polar surface area (TPSA) is 75.2 Å². The van der Waals surface area contributed by atoms with E-state index in [2.05, 4.69) is 10.2 Å². The Kier molecular flexibility index (Phi) is 6.13. The maximum absolute atomic E-state index is 6.20. The number of hydrogen-bond donors (Lipinski definition) is 1. The van der Waals surface area contributed by atoms with Crippen molar-refractivity contribution in [3.63, 3.8) is 0 Å². The van der Waals surface area contributed by atoms with Crippen molar-refractivity contribution in [3.05, 3.63) is 52.5 Å². The van der Waals surface area contributed by atoms with Gasteiger partial charge in [-0.1, -0.05) is 35.0 Å². The Hall–Kier alpha value is -2.09. The number of nitrogen functional groups attached to an aromatic ring is 1. The van der Waals surface area contributed by atoms with E-state index >= 15 is 0 Å². The van der Waals surface area contributed by atoms with Crippen LogP contribution in [0.3, 0.4) is 0 Å². The minimum absolute atomic E-state index is 0.455. The largest absolute Gasteiger partial charge is 0.497 e. The van der Waals surface area contributed by atoms with Crippen molar-refractivity contribution >= 4 is 35.0 Å². The second-order valence-electron chi connectivity index (χ2n) is 5.17. The Labute approximate surface area is 165 Å². The Morgan fingerprint density at radius 1 is 1.08 bits per heavy atom. The van der Waals surface area contributed by atoms with E-state index in [4.69, 9.17) is 38.5 Å². The quantitative estimate of drug-likeness (QED) is 0.358. The van der Waals surface area contributed by atoms with Crippen molar-refractivity contribution in [3.8, 4) is 22.9 Å². The van der Waals surface area contributed by atoms with Crippen LogP contribution in [0.25, 0.3) is 11.4 Å². The zero-order valence-corrected chi connectivity index (χ0v) is 16.2. The SMILES string of the molecule is COc1ccc(OCCSc2nnc(-c3cc(Cl)ccc3Cl)n2N)cc1. The first-order chi connectivity index (χ1) is 12.6. The molecule has 0 unspecified atom stereocenters. The molecule has 0 fully saturated rings. The summed E-state index contributed by atoms with van der Waals surface area (Å²) < 4.78 is 12.2. The summed E-state index contributed by atoms with van der Waals surface area (Å²) >= 11 is 13.7. The van der Waals surface area contributed by atoms with Crippen LogP contribution < -0.4 is 15.3 Å². The molecule has 3 aromatic rings. The van der Waals surface area contributed by atoms with Gasteiger partial charge >= 0.3 is 0 Å². The first-order valence-electron chi connectivity index (χ1n) is 7.64. The van der Waals surface area contributed by atoms with E-state index < -0.39 is 0 Å². The molecule has 0 aliphatic heterocycles. The highest BCUT2D eigenvalue weighted by Gasteiger charge is 2.15. The number of ether oxygens (including phenoxy) is 2. The lowest BCUT2D eigenvalue weighted by Crippen LogP contribution is -2.12. The molecular formula is C17H16Cl2N4O2S. The summed E-state index contributed by atoms with van der Waals surface area (Å²) in [5.74, 6) is 8.76. The molecule has 6 nitrogen and oxygen atoms in total. The Morgan fingerprint density at radius 3 is 2.54 bits per heavy atom. The maximum Gasteiger partial charge on any atom is 0.210 e. The van der Waals surface area contributed by atoms with E-state index in [0.717, 1.165) is 11.5 Å². The molecule has 0 amide bonds. The minimum Gasteiger partial charge on any atom is -0.497 e. The van der Waals surface area contributed by atoms with Gasteiger partial charge in [-0.25, -0.2) is 4.68 Å². The fraction of sp³-hybridized carbons (Fsp3) is 0.176. The van der Waals surface area contributed by atoms with Gasteiger partial charge in [0.1, 0.15) is 11.5 Å². The maximum atomic E-state index is 6.20. The summed E-state index contributed by atoms with van der Waals surface area (Å²) in [6.07, 6.45) is 0. The molecule has 0 radical (unpaired) electrons. The molecule has 1 aromatic heterocycles. The van der Waals surface area contributed by atoms with Crippen LogP contribution in [0.15, 0.2) is 47.6 Å². The number of nitrogens with zero attached hydrogens (tertiary/aromatic N) is 3. The standard InChI is InChI=1S/C17H16Cl2N4O2S/c1-24-12-3-5-13(6-4-12)25-8-9-26-17-22-21-16(23(17)20)14-10-11(18)2-7-15(14)19/h2-7,10H,8-9,20H2,1H3. The summed E-state index contributed by atoms with van der Waals surface area (Å²) in [5.41, 5.74) is 0.635. The molecule has 3 rings (SSSR count). The number of hydrogen-bond acceptors (Lipinski definition) is 6. The molecular weight excluding hydrogens is 395 g/mol. The van der Waals surface area contributed by atoms with Crippen molar-refractivity contribution in [1.29, 1.82) is 0 Å². The van der Waals surface area contributed by atoms with E-state index in [9.17, 15) is 0 Å². The van der Waals surface area contributed by atoms with Crippen LogP contribution in [0.4, 0.5) is 0 Å². The summed E-state index contributed by atoms with van der Waals surface area (Å²) in [4.78, 5) is 0. The first kappa shape index (κ1) is 18.7. The Bertz CT molecular complexity index is 887. The highest BCUT2D eigenvalue weighted by atomic mass is 35.5. The van der Waals surface area contributed by atoms with Gasteiger partial charge in [-0.15, -0.1) is 10.2 Å². The zero-order valence-electron chi connectivity index (χ0n) is 13.9. The molecule has 0 saturated carbocycles. The average molecular weight is 411 g/mol. The predicted molar refractivity (Wildman–Crippen MR) is 105 cm³/mol. The molecule has 0 bridgehead atoms. The monoisotopic (exact) mass is 410 g/mol. The summed E-state index contributed by atoms with van der Waals surface area (Å²) in [7, 11) is 1.63. The number of nitrogens with two attached hydrogens (primary N) is 1. The minimum atomic E-state index is 0.455. The van der Waals surface area contributed by atoms with E-state index in [1.807, 2.05) is 24.3 Å². The molecule has 2 N–H and O–H groups in total. The molecule has 136 valence electrons. The zero-order chi connectivity index (χ0) is 18.5. The van der Waals surface area contributed by atoms with Gasteiger partial charge in [0.15, 0.2) is 5.82 Å². The van der Waals surface area contributed by atoms with Gasteiger partial charge in [0.2, 0.25) is 5.16 Å². The molecule has 0 spiro atoms. The lowest BCUT2D eigenvalue weighted by atomic mass is 10.2. The van der Waals surface area contributed by atoms with E-state index in [1.165, 1.54) is 16.4 Å². The van der Waals surface area contributed by atoms with Crippen LogP contribution >= 0.6 is 35.0 Å². The number of benzene rings is 2. The van der Waals surface area contributed by atoms with Gasteiger partial charge in [0.25, 0.3) is 0 Å². The number of methoxy groups -OCH3 is 1. The van der Waals surface area contributed by atoms with Gasteiger partial charge in [-0.2, -0.15) is 0 Å². The van der Waals surface area contributed by atoms with Crippen molar-refractivity contribution in [2.45, 2.75) is 5.16 Å². The van der Waals surface area contributed by atoms with Crippen LogP contribution in [0.2, 0.25) is 10.0 Å². The highest BCUT2D eigenvalue weighted by molar-refractivity contribution is 7.99. The second-order valence-corrected chi connectivity index (χ2v) is 7.08. The van der Waals surface area contributed by atoms with Crippen LogP contribution in [0.5, 0.6) is 11.5 Å². The average Bonchev–Trinajstić information content (AvgIpc) is 3.02. The van der Waals surface area contributed by atoms with Gasteiger partial charge in [-0.05, 0) is 42.5 Å². The number of thioether (sulfide) groups is 1. The van der Waals surface area contributed by atoms with Crippen molar-refractivity contribution in [1.82, 2.24) is 14.9 Å². The summed E-state index contributed by atoms with van der Waals surface area (Å²) in [6, 6.07) is 12.5. The third kappa shape index (κ3) is 4.35. The first-order valence-corrected chi connectivity index (χ1v) is 9.38. The van der Waals surface area contributed by atoms with Crippen molar-refractivity contribution in [2.24, 2.45) is 0 Å². The molecule has 2 aromatic carbocycles. The van der Waals surface area contributed by atoms with Crippen LogP contribution in [0, 0.1) is 0 Å². The Morgan fingerprint density at radius 2 is 1.81 bits per heavy atom. The molecule has 9 heteroatoms. The van der Waals surface area contributed by atoms with Crippen molar-refractivity contribution < 1.29 is 9.47 Å². The van der Waals surface area contributed by atoms with Gasteiger partial charge < -0.3 is 15.3 Å². The number of aromatic nitrogens is 3. The second kappa shape index (κ2) is 8.53.